The van der Waals surface area contributed by atoms with Crippen LogP contribution in [0.4, 0.5) is 0 Å². The molecular formula is C13H16N2O2. The second-order valence-corrected chi connectivity index (χ2v) is 5.23. The Morgan fingerprint density at radius 1 is 1.35 bits per heavy atom. The van der Waals surface area contributed by atoms with Gasteiger partial charge in [0.15, 0.2) is 0 Å². The molecule has 4 nitrogen and oxygen atoms in total. The van der Waals surface area contributed by atoms with E-state index in [-0.39, 0.29) is 5.41 Å². The fourth-order valence-electron chi connectivity index (χ4n) is 2.06. The Balaban J connectivity index is 2.87. The number of para-hydroxylation sites is 1. The van der Waals surface area contributed by atoms with Crippen LogP contribution < -0.4 is 0 Å². The zero-order valence-corrected chi connectivity index (χ0v) is 10.5. The molecule has 2 rings (SSSR count). The average Bonchev–Trinajstić information content (AvgIpc) is 2.56. The number of carboxylic acid groups (broad SMARTS) is 1. The van der Waals surface area contributed by atoms with E-state index in [1.807, 2.05) is 6.07 Å². The summed E-state index contributed by atoms with van der Waals surface area (Å²) in [5.41, 5.74) is 1.81. The van der Waals surface area contributed by atoms with Crippen molar-refractivity contribution in [2.24, 2.45) is 7.05 Å². The second kappa shape index (κ2) is 3.58. The van der Waals surface area contributed by atoms with Crippen LogP contribution in [-0.4, -0.2) is 20.9 Å². The first-order valence-electron chi connectivity index (χ1n) is 5.52. The van der Waals surface area contributed by atoms with Crippen LogP contribution in [0.5, 0.6) is 0 Å². The van der Waals surface area contributed by atoms with Gasteiger partial charge >= 0.3 is 5.97 Å². The molecule has 0 fully saturated rings. The first kappa shape index (κ1) is 11.6. The van der Waals surface area contributed by atoms with Crippen LogP contribution in [0.2, 0.25) is 0 Å². The summed E-state index contributed by atoms with van der Waals surface area (Å²) in [5, 5.41) is 14.6. The third-order valence-electron chi connectivity index (χ3n) is 2.81. The van der Waals surface area contributed by atoms with Crippen LogP contribution in [0, 0.1) is 0 Å². The standard InChI is InChI=1S/C13H16N2O2/c1-13(2,3)11-8-6-5-7-9(12(16)17)10(8)15(4)14-11/h5-7H,1-4H3,(H,16,17). The molecule has 0 spiro atoms. The van der Waals surface area contributed by atoms with Crippen molar-refractivity contribution in [3.05, 3.63) is 29.5 Å². The number of hydrogen-bond donors (Lipinski definition) is 1. The van der Waals surface area contributed by atoms with Crippen molar-refractivity contribution in [1.29, 1.82) is 0 Å². The fourth-order valence-corrected chi connectivity index (χ4v) is 2.06. The second-order valence-electron chi connectivity index (χ2n) is 5.23. The van der Waals surface area contributed by atoms with Crippen molar-refractivity contribution < 1.29 is 9.90 Å². The first-order valence-corrected chi connectivity index (χ1v) is 5.52. The Labute approximate surface area is 99.9 Å². The van der Waals surface area contributed by atoms with Gasteiger partial charge in [-0.05, 0) is 6.07 Å². The predicted molar refractivity (Wildman–Crippen MR) is 66.4 cm³/mol. The number of rotatable bonds is 1. The molecule has 90 valence electrons. The number of aryl methyl sites for hydroxylation is 1. The number of aromatic nitrogens is 2. The number of carbonyl (C=O) groups is 1. The van der Waals surface area contributed by atoms with E-state index in [4.69, 9.17) is 0 Å². The van der Waals surface area contributed by atoms with Crippen LogP contribution in [0.3, 0.4) is 0 Å². The van der Waals surface area contributed by atoms with Gasteiger partial charge in [0.2, 0.25) is 0 Å². The van der Waals surface area contributed by atoms with Gasteiger partial charge in [0.25, 0.3) is 0 Å². The zero-order chi connectivity index (χ0) is 12.8. The third kappa shape index (κ3) is 1.79. The van der Waals surface area contributed by atoms with Crippen molar-refractivity contribution in [1.82, 2.24) is 9.78 Å². The van der Waals surface area contributed by atoms with Gasteiger partial charge in [-0.1, -0.05) is 32.9 Å². The van der Waals surface area contributed by atoms with Crippen molar-refractivity contribution in [3.8, 4) is 0 Å². The highest BCUT2D eigenvalue weighted by molar-refractivity contribution is 6.02. The van der Waals surface area contributed by atoms with Crippen molar-refractivity contribution >= 4 is 16.9 Å². The summed E-state index contributed by atoms with van der Waals surface area (Å²) in [6.45, 7) is 6.21. The normalized spacial score (nSPS) is 12.0. The Morgan fingerprint density at radius 3 is 2.53 bits per heavy atom. The summed E-state index contributed by atoms with van der Waals surface area (Å²) in [4.78, 5) is 11.2. The van der Waals surface area contributed by atoms with Crippen molar-refractivity contribution in [2.75, 3.05) is 0 Å². The minimum Gasteiger partial charge on any atom is -0.478 e. The minimum absolute atomic E-state index is 0.101. The molecule has 0 aliphatic carbocycles. The molecule has 1 N–H and O–H groups in total. The highest BCUT2D eigenvalue weighted by atomic mass is 16.4. The Morgan fingerprint density at radius 2 is 2.00 bits per heavy atom. The molecule has 0 radical (unpaired) electrons. The summed E-state index contributed by atoms with van der Waals surface area (Å²) in [6, 6.07) is 5.30. The summed E-state index contributed by atoms with van der Waals surface area (Å²) >= 11 is 0. The van der Waals surface area contributed by atoms with Crippen LogP contribution in [-0.2, 0) is 12.5 Å². The van der Waals surface area contributed by atoms with Crippen LogP contribution >= 0.6 is 0 Å². The lowest BCUT2D eigenvalue weighted by Gasteiger charge is -2.15. The van der Waals surface area contributed by atoms with E-state index in [1.165, 1.54) is 0 Å². The average molecular weight is 232 g/mol. The lowest BCUT2D eigenvalue weighted by atomic mass is 9.89. The van der Waals surface area contributed by atoms with Gasteiger partial charge < -0.3 is 5.11 Å². The minimum atomic E-state index is -0.918. The smallest absolute Gasteiger partial charge is 0.337 e. The monoisotopic (exact) mass is 232 g/mol. The molecule has 1 aromatic carbocycles. The molecule has 0 aliphatic rings. The quantitative estimate of drug-likeness (QED) is 0.822. The Bertz CT molecular complexity index is 591. The van der Waals surface area contributed by atoms with E-state index in [0.717, 1.165) is 11.1 Å². The molecule has 0 aliphatic heterocycles. The number of carboxylic acids is 1. The topological polar surface area (TPSA) is 55.1 Å². The molecule has 0 saturated heterocycles. The molecule has 0 bridgehead atoms. The maximum Gasteiger partial charge on any atom is 0.337 e. The lowest BCUT2D eigenvalue weighted by Crippen LogP contribution is -2.12. The van der Waals surface area contributed by atoms with E-state index >= 15 is 0 Å². The largest absolute Gasteiger partial charge is 0.478 e. The van der Waals surface area contributed by atoms with Gasteiger partial charge in [0.1, 0.15) is 0 Å². The number of fused-ring (bicyclic) bond motifs is 1. The van der Waals surface area contributed by atoms with Crippen molar-refractivity contribution in [3.63, 3.8) is 0 Å². The van der Waals surface area contributed by atoms with Gasteiger partial charge in [-0.3, -0.25) is 4.68 Å². The fraction of sp³-hybridized carbons (Fsp3) is 0.385. The zero-order valence-electron chi connectivity index (χ0n) is 10.5. The SMILES string of the molecule is Cn1nc(C(C)(C)C)c2cccc(C(=O)O)c21. The Kier molecular flexibility index (Phi) is 2.45. The maximum atomic E-state index is 11.2. The molecule has 1 heterocycles. The lowest BCUT2D eigenvalue weighted by molar-refractivity contribution is 0.0698. The summed E-state index contributed by atoms with van der Waals surface area (Å²) in [5.74, 6) is -0.918. The highest BCUT2D eigenvalue weighted by Gasteiger charge is 2.23. The van der Waals surface area contributed by atoms with Gasteiger partial charge in [0, 0.05) is 17.8 Å². The van der Waals surface area contributed by atoms with E-state index in [9.17, 15) is 9.90 Å². The first-order chi connectivity index (χ1) is 7.82. The maximum absolute atomic E-state index is 11.2. The van der Waals surface area contributed by atoms with Crippen LogP contribution in [0.15, 0.2) is 18.2 Å². The molecule has 0 saturated carbocycles. The Hall–Kier alpha value is -1.84. The van der Waals surface area contributed by atoms with E-state index in [2.05, 4.69) is 25.9 Å². The highest BCUT2D eigenvalue weighted by Crippen LogP contribution is 2.30. The van der Waals surface area contributed by atoms with Crippen LogP contribution in [0.1, 0.15) is 36.8 Å². The van der Waals surface area contributed by atoms with Gasteiger partial charge in [-0.2, -0.15) is 5.10 Å². The summed E-state index contributed by atoms with van der Waals surface area (Å²) in [6.07, 6.45) is 0. The molecule has 0 atom stereocenters. The molecule has 0 unspecified atom stereocenters. The number of aromatic carboxylic acids is 1. The van der Waals surface area contributed by atoms with Crippen LogP contribution in [0.25, 0.3) is 10.9 Å². The number of nitrogens with zero attached hydrogens (tertiary/aromatic N) is 2. The van der Waals surface area contributed by atoms with E-state index < -0.39 is 5.97 Å². The summed E-state index contributed by atoms with van der Waals surface area (Å²) in [7, 11) is 1.78. The van der Waals surface area contributed by atoms with E-state index in [0.29, 0.717) is 11.1 Å². The molecule has 4 heteroatoms. The number of hydrogen-bond acceptors (Lipinski definition) is 2. The molecule has 17 heavy (non-hydrogen) atoms. The van der Waals surface area contributed by atoms with E-state index in [1.54, 1.807) is 23.9 Å². The third-order valence-corrected chi connectivity index (χ3v) is 2.81. The van der Waals surface area contributed by atoms with Crippen molar-refractivity contribution in [2.45, 2.75) is 26.2 Å². The molecular weight excluding hydrogens is 216 g/mol. The van der Waals surface area contributed by atoms with Gasteiger partial charge in [0.05, 0.1) is 16.8 Å². The predicted octanol–water partition coefficient (Wildman–Crippen LogP) is 2.57. The molecule has 2 aromatic rings. The van der Waals surface area contributed by atoms with Gasteiger partial charge in [-0.25, -0.2) is 4.79 Å². The molecule has 1 aromatic heterocycles. The molecule has 0 amide bonds. The van der Waals surface area contributed by atoms with Gasteiger partial charge in [-0.15, -0.1) is 0 Å². The number of benzene rings is 1. The summed E-state index contributed by atoms with van der Waals surface area (Å²) < 4.78 is 1.65.